The predicted octanol–water partition coefficient (Wildman–Crippen LogP) is 2.04. The lowest BCUT2D eigenvalue weighted by molar-refractivity contribution is -0.129. The molecule has 2 rings (SSSR count). The van der Waals surface area contributed by atoms with Crippen molar-refractivity contribution in [1.29, 1.82) is 0 Å². The molecule has 1 aliphatic rings. The van der Waals surface area contributed by atoms with E-state index in [1.165, 1.54) is 6.92 Å². The van der Waals surface area contributed by atoms with E-state index in [1.54, 1.807) is 0 Å². The molecule has 1 aromatic rings. The van der Waals surface area contributed by atoms with Crippen LogP contribution in [0.15, 0.2) is 30.3 Å². The summed E-state index contributed by atoms with van der Waals surface area (Å²) < 4.78 is 5.38. The number of aliphatic hydroxyl groups is 1. The highest BCUT2D eigenvalue weighted by Crippen LogP contribution is 2.27. The van der Waals surface area contributed by atoms with Gasteiger partial charge in [-0.3, -0.25) is 4.79 Å². The molecular weight excluding hydrogens is 254 g/mol. The first kappa shape index (κ1) is 15.0. The van der Waals surface area contributed by atoms with Gasteiger partial charge in [0.05, 0.1) is 6.04 Å². The lowest BCUT2D eigenvalue weighted by Gasteiger charge is -2.28. The van der Waals surface area contributed by atoms with Crippen molar-refractivity contribution in [3.05, 3.63) is 35.9 Å². The highest BCUT2D eigenvalue weighted by Gasteiger charge is 2.23. The van der Waals surface area contributed by atoms with Crippen molar-refractivity contribution in [2.45, 2.75) is 38.3 Å². The fourth-order valence-corrected chi connectivity index (χ4v) is 2.57. The largest absolute Gasteiger partial charge is 0.384 e. The maximum atomic E-state index is 11.8. The predicted molar refractivity (Wildman–Crippen MR) is 77.2 cm³/mol. The van der Waals surface area contributed by atoms with E-state index < -0.39 is 6.10 Å². The molecule has 2 N–H and O–H groups in total. The van der Waals surface area contributed by atoms with Gasteiger partial charge in [-0.1, -0.05) is 30.3 Å². The second-order valence-electron chi connectivity index (χ2n) is 5.44. The fourth-order valence-electron chi connectivity index (χ4n) is 2.57. The third kappa shape index (κ3) is 4.32. The van der Waals surface area contributed by atoms with Gasteiger partial charge in [-0.2, -0.15) is 0 Å². The number of hydrogen-bond donors (Lipinski definition) is 2. The van der Waals surface area contributed by atoms with E-state index in [9.17, 15) is 9.90 Å². The lowest BCUT2D eigenvalue weighted by atomic mass is 9.89. The van der Waals surface area contributed by atoms with Crippen LogP contribution in [-0.4, -0.2) is 30.3 Å². The zero-order chi connectivity index (χ0) is 14.4. The molecule has 2 atom stereocenters. The Hall–Kier alpha value is -1.39. The van der Waals surface area contributed by atoms with Crippen LogP contribution in [0, 0.1) is 5.92 Å². The monoisotopic (exact) mass is 277 g/mol. The molecule has 110 valence electrons. The molecule has 0 saturated carbocycles. The number of carbonyl (C=O) groups is 1. The number of ether oxygens (including phenoxy) is 1. The summed E-state index contributed by atoms with van der Waals surface area (Å²) in [4.78, 5) is 11.8. The number of aliphatic hydroxyl groups excluding tert-OH is 1. The smallest absolute Gasteiger partial charge is 0.249 e. The SMILES string of the molecule is CC(O)C(=O)NC(CC1CCOCC1)c1ccccc1. The van der Waals surface area contributed by atoms with Crippen molar-refractivity contribution in [1.82, 2.24) is 5.32 Å². The van der Waals surface area contributed by atoms with E-state index >= 15 is 0 Å². The normalized spacial score (nSPS) is 19.3. The number of rotatable bonds is 5. The van der Waals surface area contributed by atoms with E-state index in [0.717, 1.165) is 38.0 Å². The van der Waals surface area contributed by atoms with Crippen LogP contribution in [0.2, 0.25) is 0 Å². The summed E-state index contributed by atoms with van der Waals surface area (Å²) in [5, 5.41) is 12.3. The molecule has 0 aromatic heterocycles. The highest BCUT2D eigenvalue weighted by atomic mass is 16.5. The van der Waals surface area contributed by atoms with Gasteiger partial charge in [0.1, 0.15) is 6.10 Å². The zero-order valence-corrected chi connectivity index (χ0v) is 11.9. The van der Waals surface area contributed by atoms with E-state index in [4.69, 9.17) is 4.74 Å². The van der Waals surface area contributed by atoms with E-state index in [2.05, 4.69) is 5.32 Å². The molecule has 0 radical (unpaired) electrons. The Morgan fingerprint density at radius 3 is 2.60 bits per heavy atom. The molecule has 1 heterocycles. The van der Waals surface area contributed by atoms with Crippen LogP contribution < -0.4 is 5.32 Å². The van der Waals surface area contributed by atoms with E-state index in [1.807, 2.05) is 30.3 Å². The minimum atomic E-state index is -0.976. The molecule has 4 heteroatoms. The van der Waals surface area contributed by atoms with Gasteiger partial charge in [-0.15, -0.1) is 0 Å². The topological polar surface area (TPSA) is 58.6 Å². The first-order valence-electron chi connectivity index (χ1n) is 7.28. The van der Waals surface area contributed by atoms with Gasteiger partial charge >= 0.3 is 0 Å². The molecule has 1 fully saturated rings. The lowest BCUT2D eigenvalue weighted by Crippen LogP contribution is -2.37. The minimum Gasteiger partial charge on any atom is -0.384 e. The number of carbonyl (C=O) groups excluding carboxylic acids is 1. The summed E-state index contributed by atoms with van der Waals surface area (Å²) in [5.74, 6) is 0.245. The highest BCUT2D eigenvalue weighted by molar-refractivity contribution is 5.80. The molecule has 1 aliphatic heterocycles. The average Bonchev–Trinajstić information content (AvgIpc) is 2.48. The van der Waals surface area contributed by atoms with Crippen molar-refractivity contribution in [3.8, 4) is 0 Å². The number of benzene rings is 1. The first-order valence-corrected chi connectivity index (χ1v) is 7.28. The fraction of sp³-hybridized carbons (Fsp3) is 0.562. The van der Waals surface area contributed by atoms with Crippen LogP contribution >= 0.6 is 0 Å². The summed E-state index contributed by atoms with van der Waals surface area (Å²) in [6, 6.07) is 9.91. The van der Waals surface area contributed by atoms with Crippen LogP contribution in [0.1, 0.15) is 37.8 Å². The second kappa shape index (κ2) is 7.41. The molecule has 4 nitrogen and oxygen atoms in total. The molecule has 1 aromatic carbocycles. The van der Waals surface area contributed by atoms with Gasteiger partial charge in [-0.25, -0.2) is 0 Å². The molecule has 20 heavy (non-hydrogen) atoms. The van der Waals surface area contributed by atoms with Gasteiger partial charge in [0.15, 0.2) is 0 Å². The maximum Gasteiger partial charge on any atom is 0.249 e. The molecule has 0 spiro atoms. The van der Waals surface area contributed by atoms with Gasteiger partial charge < -0.3 is 15.2 Å². The average molecular weight is 277 g/mol. The molecule has 0 bridgehead atoms. The second-order valence-corrected chi connectivity index (χ2v) is 5.44. The molecular formula is C16H23NO3. The number of nitrogens with one attached hydrogen (secondary N) is 1. The standard InChI is InChI=1S/C16H23NO3/c1-12(18)16(19)17-15(14-5-3-2-4-6-14)11-13-7-9-20-10-8-13/h2-6,12-13,15,18H,7-11H2,1H3,(H,17,19). The van der Waals surface area contributed by atoms with Gasteiger partial charge in [0, 0.05) is 13.2 Å². The minimum absolute atomic E-state index is 0.0404. The van der Waals surface area contributed by atoms with Gasteiger partial charge in [-0.05, 0) is 37.7 Å². The maximum absolute atomic E-state index is 11.8. The van der Waals surface area contributed by atoms with E-state index in [0.29, 0.717) is 5.92 Å². The summed E-state index contributed by atoms with van der Waals surface area (Å²) in [6.45, 7) is 3.10. The molecule has 1 amide bonds. The molecule has 1 saturated heterocycles. The van der Waals surface area contributed by atoms with Crippen LogP contribution in [0.25, 0.3) is 0 Å². The first-order chi connectivity index (χ1) is 9.66. The number of amides is 1. The van der Waals surface area contributed by atoms with Crippen molar-refractivity contribution in [3.63, 3.8) is 0 Å². The summed E-state index contributed by atoms with van der Waals surface area (Å²) in [7, 11) is 0. The summed E-state index contributed by atoms with van der Waals surface area (Å²) in [5.41, 5.74) is 1.09. The molecule has 0 aliphatic carbocycles. The Morgan fingerprint density at radius 2 is 2.00 bits per heavy atom. The quantitative estimate of drug-likeness (QED) is 0.866. The number of hydrogen-bond acceptors (Lipinski definition) is 3. The van der Waals surface area contributed by atoms with Crippen molar-refractivity contribution in [2.75, 3.05) is 13.2 Å². The Morgan fingerprint density at radius 1 is 1.35 bits per heavy atom. The Balaban J connectivity index is 2.05. The molecule has 2 unspecified atom stereocenters. The van der Waals surface area contributed by atoms with E-state index in [-0.39, 0.29) is 11.9 Å². The third-order valence-corrected chi connectivity index (χ3v) is 3.81. The Bertz CT molecular complexity index is 413. The van der Waals surface area contributed by atoms with Gasteiger partial charge in [0.2, 0.25) is 5.91 Å². The summed E-state index contributed by atoms with van der Waals surface area (Å²) in [6.07, 6.45) is 1.99. The van der Waals surface area contributed by atoms with Crippen molar-refractivity contribution in [2.24, 2.45) is 5.92 Å². The Kier molecular flexibility index (Phi) is 5.56. The van der Waals surface area contributed by atoms with Crippen LogP contribution in [-0.2, 0) is 9.53 Å². The zero-order valence-electron chi connectivity index (χ0n) is 11.9. The van der Waals surface area contributed by atoms with Gasteiger partial charge in [0.25, 0.3) is 0 Å². The summed E-state index contributed by atoms with van der Waals surface area (Å²) >= 11 is 0. The third-order valence-electron chi connectivity index (χ3n) is 3.81. The Labute approximate surface area is 120 Å². The van der Waals surface area contributed by atoms with Crippen LogP contribution in [0.4, 0.5) is 0 Å². The van der Waals surface area contributed by atoms with Crippen LogP contribution in [0.3, 0.4) is 0 Å². The van der Waals surface area contributed by atoms with Crippen molar-refractivity contribution >= 4 is 5.91 Å². The van der Waals surface area contributed by atoms with Crippen LogP contribution in [0.5, 0.6) is 0 Å². The van der Waals surface area contributed by atoms with Crippen molar-refractivity contribution < 1.29 is 14.6 Å².